The van der Waals surface area contributed by atoms with Gasteiger partial charge >= 0.3 is 11.9 Å². The molecular formula is C10H11NO4. The molecule has 0 saturated carbocycles. The molecule has 0 aliphatic rings. The highest BCUT2D eigenvalue weighted by atomic mass is 16.5. The number of carbonyl (C=O) groups is 2. The van der Waals surface area contributed by atoms with Crippen molar-refractivity contribution in [2.24, 2.45) is 0 Å². The van der Waals surface area contributed by atoms with Gasteiger partial charge in [0, 0.05) is 5.69 Å². The number of nitrogen functional groups attached to an aromatic ring is 1. The number of hydrogen-bond acceptors (Lipinski definition) is 5. The van der Waals surface area contributed by atoms with Gasteiger partial charge in [-0.1, -0.05) is 0 Å². The van der Waals surface area contributed by atoms with E-state index in [0.29, 0.717) is 11.4 Å². The molecule has 0 aliphatic carbocycles. The van der Waals surface area contributed by atoms with Crippen molar-refractivity contribution in [2.75, 3.05) is 12.8 Å². The monoisotopic (exact) mass is 209 g/mol. The normalized spacial score (nSPS) is 9.40. The third-order valence-electron chi connectivity index (χ3n) is 1.63. The number of esters is 2. The smallest absolute Gasteiger partial charge is 0.322 e. The number of methoxy groups -OCH3 is 1. The SMILES string of the molecule is COC(=O)CC(=O)Oc1ccc(N)cc1. The van der Waals surface area contributed by atoms with E-state index in [-0.39, 0.29) is 0 Å². The molecule has 0 spiro atoms. The second kappa shape index (κ2) is 4.99. The van der Waals surface area contributed by atoms with Crippen LogP contribution in [0.2, 0.25) is 0 Å². The number of benzene rings is 1. The van der Waals surface area contributed by atoms with E-state index in [1.807, 2.05) is 0 Å². The number of rotatable bonds is 3. The highest BCUT2D eigenvalue weighted by Crippen LogP contribution is 2.13. The van der Waals surface area contributed by atoms with Gasteiger partial charge in [-0.25, -0.2) is 0 Å². The minimum atomic E-state index is -0.661. The lowest BCUT2D eigenvalue weighted by Crippen LogP contribution is -2.14. The first-order valence-electron chi connectivity index (χ1n) is 4.25. The summed E-state index contributed by atoms with van der Waals surface area (Å²) in [6, 6.07) is 6.29. The number of hydrogen-bond donors (Lipinski definition) is 1. The first kappa shape index (κ1) is 11.0. The molecule has 15 heavy (non-hydrogen) atoms. The minimum Gasteiger partial charge on any atom is -0.469 e. The number of anilines is 1. The van der Waals surface area contributed by atoms with Crippen LogP contribution in [0.3, 0.4) is 0 Å². The third kappa shape index (κ3) is 3.68. The van der Waals surface area contributed by atoms with Crippen LogP contribution >= 0.6 is 0 Å². The highest BCUT2D eigenvalue weighted by molar-refractivity contribution is 5.92. The lowest BCUT2D eigenvalue weighted by Gasteiger charge is -2.03. The summed E-state index contributed by atoms with van der Waals surface area (Å²) in [6.07, 6.45) is -0.402. The number of ether oxygens (including phenoxy) is 2. The Balaban J connectivity index is 2.51. The second-order valence-corrected chi connectivity index (χ2v) is 2.80. The molecule has 2 N–H and O–H groups in total. The molecule has 0 bridgehead atoms. The van der Waals surface area contributed by atoms with Gasteiger partial charge in [0.25, 0.3) is 0 Å². The maximum atomic E-state index is 11.1. The number of carbonyl (C=O) groups excluding carboxylic acids is 2. The molecule has 0 aliphatic heterocycles. The van der Waals surface area contributed by atoms with Crippen LogP contribution in [0, 0.1) is 0 Å². The van der Waals surface area contributed by atoms with Crippen molar-refractivity contribution in [1.29, 1.82) is 0 Å². The zero-order valence-electron chi connectivity index (χ0n) is 8.23. The summed E-state index contributed by atoms with van der Waals surface area (Å²) in [7, 11) is 1.21. The average molecular weight is 209 g/mol. The van der Waals surface area contributed by atoms with E-state index >= 15 is 0 Å². The van der Waals surface area contributed by atoms with Crippen molar-refractivity contribution in [3.8, 4) is 5.75 Å². The van der Waals surface area contributed by atoms with E-state index in [2.05, 4.69) is 4.74 Å². The van der Waals surface area contributed by atoms with E-state index < -0.39 is 18.4 Å². The van der Waals surface area contributed by atoms with Gasteiger partial charge in [0.05, 0.1) is 7.11 Å². The zero-order chi connectivity index (χ0) is 11.3. The Morgan fingerprint density at radius 1 is 1.20 bits per heavy atom. The van der Waals surface area contributed by atoms with Crippen LogP contribution in [0.15, 0.2) is 24.3 Å². The number of nitrogens with two attached hydrogens (primary N) is 1. The van der Waals surface area contributed by atoms with E-state index in [1.54, 1.807) is 24.3 Å². The van der Waals surface area contributed by atoms with E-state index in [1.165, 1.54) is 7.11 Å². The molecule has 5 heteroatoms. The molecule has 0 atom stereocenters. The summed E-state index contributed by atoms with van der Waals surface area (Å²) in [5.74, 6) is -0.944. The minimum absolute atomic E-state index is 0.345. The fourth-order valence-corrected chi connectivity index (χ4v) is 0.893. The van der Waals surface area contributed by atoms with Crippen molar-refractivity contribution in [1.82, 2.24) is 0 Å². The van der Waals surface area contributed by atoms with Crippen LogP contribution in [-0.4, -0.2) is 19.0 Å². The molecule has 0 unspecified atom stereocenters. The van der Waals surface area contributed by atoms with Gasteiger partial charge in [-0.2, -0.15) is 0 Å². The molecule has 1 aromatic carbocycles. The van der Waals surface area contributed by atoms with Gasteiger partial charge < -0.3 is 15.2 Å². The molecule has 1 aromatic rings. The largest absolute Gasteiger partial charge is 0.469 e. The van der Waals surface area contributed by atoms with E-state index in [0.717, 1.165) is 0 Å². The first-order chi connectivity index (χ1) is 7.11. The Labute approximate surface area is 86.8 Å². The second-order valence-electron chi connectivity index (χ2n) is 2.80. The van der Waals surface area contributed by atoms with E-state index in [4.69, 9.17) is 10.5 Å². The summed E-state index contributed by atoms with van der Waals surface area (Å²) >= 11 is 0. The van der Waals surface area contributed by atoms with Crippen molar-refractivity contribution < 1.29 is 19.1 Å². The van der Waals surface area contributed by atoms with E-state index in [9.17, 15) is 9.59 Å². The first-order valence-corrected chi connectivity index (χ1v) is 4.25. The quantitative estimate of drug-likeness (QED) is 0.344. The molecule has 0 fully saturated rings. The van der Waals surface area contributed by atoms with Gasteiger partial charge in [0.15, 0.2) is 0 Å². The Kier molecular flexibility index (Phi) is 3.68. The highest BCUT2D eigenvalue weighted by Gasteiger charge is 2.11. The van der Waals surface area contributed by atoms with Crippen molar-refractivity contribution in [3.05, 3.63) is 24.3 Å². The Morgan fingerprint density at radius 2 is 1.80 bits per heavy atom. The van der Waals surface area contributed by atoms with Gasteiger partial charge in [-0.05, 0) is 24.3 Å². The molecule has 0 aromatic heterocycles. The average Bonchev–Trinajstić information content (AvgIpc) is 2.21. The third-order valence-corrected chi connectivity index (χ3v) is 1.63. The Bertz CT molecular complexity index is 358. The molecule has 0 radical (unpaired) electrons. The Morgan fingerprint density at radius 3 is 2.33 bits per heavy atom. The summed E-state index contributed by atoms with van der Waals surface area (Å²) in [5.41, 5.74) is 6.02. The van der Waals surface area contributed by atoms with Crippen LogP contribution in [0.4, 0.5) is 5.69 Å². The topological polar surface area (TPSA) is 78.6 Å². The maximum absolute atomic E-state index is 11.1. The van der Waals surface area contributed by atoms with Crippen LogP contribution in [0.25, 0.3) is 0 Å². The molecule has 1 rings (SSSR count). The summed E-state index contributed by atoms with van der Waals surface area (Å²) in [6.45, 7) is 0. The summed E-state index contributed by atoms with van der Waals surface area (Å²) in [5, 5.41) is 0. The van der Waals surface area contributed by atoms with Gasteiger partial charge in [-0.15, -0.1) is 0 Å². The van der Waals surface area contributed by atoms with Crippen LogP contribution in [-0.2, 0) is 14.3 Å². The lowest BCUT2D eigenvalue weighted by molar-refractivity contribution is -0.148. The predicted molar refractivity (Wildman–Crippen MR) is 53.1 cm³/mol. The maximum Gasteiger partial charge on any atom is 0.322 e. The van der Waals surface area contributed by atoms with Crippen LogP contribution in [0.5, 0.6) is 5.75 Å². The van der Waals surface area contributed by atoms with Crippen molar-refractivity contribution in [2.45, 2.75) is 6.42 Å². The van der Waals surface area contributed by atoms with Crippen LogP contribution in [0.1, 0.15) is 6.42 Å². The van der Waals surface area contributed by atoms with Gasteiger partial charge in [-0.3, -0.25) is 9.59 Å². The van der Waals surface area contributed by atoms with Gasteiger partial charge in [0.1, 0.15) is 12.2 Å². The molecule has 5 nitrogen and oxygen atoms in total. The molecular weight excluding hydrogens is 198 g/mol. The fourth-order valence-electron chi connectivity index (χ4n) is 0.893. The van der Waals surface area contributed by atoms with Gasteiger partial charge in [0.2, 0.25) is 0 Å². The summed E-state index contributed by atoms with van der Waals surface area (Å²) < 4.78 is 9.16. The summed E-state index contributed by atoms with van der Waals surface area (Å²) in [4.78, 5) is 21.8. The molecule has 0 amide bonds. The van der Waals surface area contributed by atoms with Crippen LogP contribution < -0.4 is 10.5 Å². The molecule has 0 heterocycles. The fraction of sp³-hybridized carbons (Fsp3) is 0.200. The zero-order valence-corrected chi connectivity index (χ0v) is 8.23. The van der Waals surface area contributed by atoms with Crippen molar-refractivity contribution >= 4 is 17.6 Å². The molecule has 0 saturated heterocycles. The lowest BCUT2D eigenvalue weighted by atomic mass is 10.3. The standard InChI is InChI=1S/C10H11NO4/c1-14-9(12)6-10(13)15-8-4-2-7(11)3-5-8/h2-5H,6,11H2,1H3. The Hall–Kier alpha value is -2.04. The predicted octanol–water partition coefficient (Wildman–Crippen LogP) is 0.737. The van der Waals surface area contributed by atoms with Crippen molar-refractivity contribution in [3.63, 3.8) is 0 Å². The molecule has 80 valence electrons.